The third-order valence-corrected chi connectivity index (χ3v) is 4.54. The van der Waals surface area contributed by atoms with E-state index < -0.39 is 10.0 Å². The summed E-state index contributed by atoms with van der Waals surface area (Å²) in [5.41, 5.74) is 0. The lowest BCUT2D eigenvalue weighted by atomic mass is 10.4. The Bertz CT molecular complexity index is 454. The summed E-state index contributed by atoms with van der Waals surface area (Å²) in [4.78, 5) is 4.07. The van der Waals surface area contributed by atoms with Crippen molar-refractivity contribution in [3.63, 3.8) is 0 Å². The molecule has 90 valence electrons. The van der Waals surface area contributed by atoms with Gasteiger partial charge in [-0.25, -0.2) is 13.4 Å². The molecule has 0 aliphatic carbocycles. The monoisotopic (exact) mass is 244 g/mol. The van der Waals surface area contributed by atoms with E-state index in [9.17, 15) is 8.42 Å². The van der Waals surface area contributed by atoms with E-state index in [0.717, 1.165) is 0 Å². The molecule has 7 heteroatoms. The van der Waals surface area contributed by atoms with Gasteiger partial charge >= 0.3 is 0 Å². The Morgan fingerprint density at radius 2 is 2.00 bits per heavy atom. The highest BCUT2D eigenvalue weighted by molar-refractivity contribution is 7.89. The van der Waals surface area contributed by atoms with E-state index in [2.05, 4.69) is 10.3 Å². The van der Waals surface area contributed by atoms with Crippen LogP contribution >= 0.6 is 0 Å². The van der Waals surface area contributed by atoms with Crippen molar-refractivity contribution in [2.75, 3.05) is 26.2 Å². The highest BCUT2D eigenvalue weighted by Crippen LogP contribution is 2.14. The molecule has 1 aromatic heterocycles. The lowest BCUT2D eigenvalue weighted by Gasteiger charge is -2.25. The summed E-state index contributed by atoms with van der Waals surface area (Å²) in [6.45, 7) is 4.21. The van der Waals surface area contributed by atoms with Crippen molar-refractivity contribution in [2.24, 2.45) is 7.05 Å². The second-order valence-corrected chi connectivity index (χ2v) is 5.78. The van der Waals surface area contributed by atoms with Crippen LogP contribution in [0.15, 0.2) is 11.2 Å². The maximum atomic E-state index is 12.2. The van der Waals surface area contributed by atoms with Gasteiger partial charge in [0.1, 0.15) is 5.82 Å². The summed E-state index contributed by atoms with van der Waals surface area (Å²) in [7, 11) is -1.61. The van der Waals surface area contributed by atoms with Crippen LogP contribution < -0.4 is 5.32 Å². The summed E-state index contributed by atoms with van der Waals surface area (Å²) in [5.74, 6) is 0.703. The van der Waals surface area contributed by atoms with Crippen molar-refractivity contribution >= 4 is 10.0 Å². The molecule has 0 amide bonds. The normalized spacial score (nSPS) is 18.9. The highest BCUT2D eigenvalue weighted by Gasteiger charge is 2.28. The van der Waals surface area contributed by atoms with Gasteiger partial charge in [-0.15, -0.1) is 0 Å². The van der Waals surface area contributed by atoms with Gasteiger partial charge in [0.25, 0.3) is 10.0 Å². The lowest BCUT2D eigenvalue weighted by Crippen LogP contribution is -2.46. The summed E-state index contributed by atoms with van der Waals surface area (Å²) in [6, 6.07) is 0. The van der Waals surface area contributed by atoms with Crippen LogP contribution in [0.4, 0.5) is 0 Å². The van der Waals surface area contributed by atoms with E-state index in [1.807, 2.05) is 0 Å². The molecule has 1 aliphatic heterocycles. The van der Waals surface area contributed by atoms with Crippen molar-refractivity contribution in [1.29, 1.82) is 0 Å². The molecule has 2 heterocycles. The molecule has 6 nitrogen and oxygen atoms in total. The molecule has 0 atom stereocenters. The van der Waals surface area contributed by atoms with Crippen molar-refractivity contribution < 1.29 is 8.42 Å². The molecule has 1 aliphatic rings. The minimum atomic E-state index is -3.40. The summed E-state index contributed by atoms with van der Waals surface area (Å²) >= 11 is 0. The van der Waals surface area contributed by atoms with Gasteiger partial charge in [0.05, 0.1) is 0 Å². The van der Waals surface area contributed by atoms with E-state index in [0.29, 0.717) is 32.0 Å². The Morgan fingerprint density at radius 3 is 2.50 bits per heavy atom. The van der Waals surface area contributed by atoms with Crippen molar-refractivity contribution in [3.8, 4) is 0 Å². The minimum absolute atomic E-state index is 0.148. The molecule has 1 aromatic rings. The Kier molecular flexibility index (Phi) is 3.00. The van der Waals surface area contributed by atoms with Gasteiger partial charge in [0.2, 0.25) is 0 Å². The lowest BCUT2D eigenvalue weighted by molar-refractivity contribution is 0.359. The van der Waals surface area contributed by atoms with Crippen LogP contribution in [0, 0.1) is 6.92 Å². The number of nitrogens with one attached hydrogen (secondary N) is 1. The predicted molar refractivity (Wildman–Crippen MR) is 59.6 cm³/mol. The number of hydrogen-bond acceptors (Lipinski definition) is 4. The van der Waals surface area contributed by atoms with Crippen LogP contribution in [0.3, 0.4) is 0 Å². The topological polar surface area (TPSA) is 67.2 Å². The van der Waals surface area contributed by atoms with Crippen LogP contribution in [0.1, 0.15) is 5.82 Å². The van der Waals surface area contributed by atoms with E-state index in [1.54, 1.807) is 24.7 Å². The zero-order chi connectivity index (χ0) is 11.8. The second kappa shape index (κ2) is 4.15. The van der Waals surface area contributed by atoms with Crippen molar-refractivity contribution in [1.82, 2.24) is 19.2 Å². The average molecular weight is 244 g/mol. The largest absolute Gasteiger partial charge is 0.337 e. The third kappa shape index (κ3) is 1.98. The molecule has 1 N–H and O–H groups in total. The van der Waals surface area contributed by atoms with Crippen LogP contribution in [-0.2, 0) is 17.1 Å². The molecule has 0 saturated carbocycles. The molecule has 0 spiro atoms. The molecule has 2 rings (SSSR count). The van der Waals surface area contributed by atoms with Crippen LogP contribution in [-0.4, -0.2) is 48.5 Å². The molecule has 1 fully saturated rings. The number of imidazole rings is 1. The maximum absolute atomic E-state index is 12.2. The van der Waals surface area contributed by atoms with Gasteiger partial charge in [0.15, 0.2) is 5.03 Å². The van der Waals surface area contributed by atoms with Gasteiger partial charge in [-0.2, -0.15) is 4.31 Å². The Labute approximate surface area is 95.3 Å². The maximum Gasteiger partial charge on any atom is 0.262 e. The first kappa shape index (κ1) is 11.6. The molecular formula is C9H16N4O2S. The van der Waals surface area contributed by atoms with Crippen LogP contribution in [0.25, 0.3) is 0 Å². The first-order chi connectivity index (χ1) is 7.51. The van der Waals surface area contributed by atoms with E-state index >= 15 is 0 Å². The Morgan fingerprint density at radius 1 is 1.38 bits per heavy atom. The number of sulfonamides is 1. The van der Waals surface area contributed by atoms with Crippen LogP contribution in [0.2, 0.25) is 0 Å². The Balaban J connectivity index is 2.30. The van der Waals surface area contributed by atoms with Crippen molar-refractivity contribution in [2.45, 2.75) is 11.9 Å². The standard InChI is InChI=1S/C9H16N4O2S/c1-8-11-9(7-12(8)2)16(14,15)13-5-3-10-4-6-13/h7,10H,3-6H2,1-2H3. The fraction of sp³-hybridized carbons (Fsp3) is 0.667. The number of aryl methyl sites for hydroxylation is 2. The van der Waals surface area contributed by atoms with E-state index in [-0.39, 0.29) is 5.03 Å². The average Bonchev–Trinajstić information content (AvgIpc) is 2.61. The molecular weight excluding hydrogens is 228 g/mol. The SMILES string of the molecule is Cc1nc(S(=O)(=O)N2CCNCC2)cn1C. The summed E-state index contributed by atoms with van der Waals surface area (Å²) in [6.07, 6.45) is 1.56. The fourth-order valence-corrected chi connectivity index (χ4v) is 3.13. The highest BCUT2D eigenvalue weighted by atomic mass is 32.2. The zero-order valence-corrected chi connectivity index (χ0v) is 10.3. The number of piperazine rings is 1. The van der Waals surface area contributed by atoms with Gasteiger partial charge in [-0.1, -0.05) is 0 Å². The van der Waals surface area contributed by atoms with Gasteiger partial charge in [0, 0.05) is 39.4 Å². The number of aromatic nitrogens is 2. The Hall–Kier alpha value is -0.920. The van der Waals surface area contributed by atoms with Gasteiger partial charge in [-0.3, -0.25) is 0 Å². The fourth-order valence-electron chi connectivity index (χ4n) is 1.67. The third-order valence-electron chi connectivity index (χ3n) is 2.77. The molecule has 0 bridgehead atoms. The zero-order valence-electron chi connectivity index (χ0n) is 9.47. The number of hydrogen-bond donors (Lipinski definition) is 1. The quantitative estimate of drug-likeness (QED) is 0.748. The van der Waals surface area contributed by atoms with E-state index in [4.69, 9.17) is 0 Å². The van der Waals surface area contributed by atoms with Gasteiger partial charge in [-0.05, 0) is 6.92 Å². The smallest absolute Gasteiger partial charge is 0.262 e. The number of nitrogens with zero attached hydrogens (tertiary/aromatic N) is 3. The summed E-state index contributed by atoms with van der Waals surface area (Å²) in [5, 5.41) is 3.27. The molecule has 0 radical (unpaired) electrons. The number of rotatable bonds is 2. The molecule has 0 unspecified atom stereocenters. The summed E-state index contributed by atoms with van der Waals surface area (Å²) < 4.78 is 27.5. The second-order valence-electron chi connectivity index (χ2n) is 3.89. The minimum Gasteiger partial charge on any atom is -0.337 e. The van der Waals surface area contributed by atoms with Crippen LogP contribution in [0.5, 0.6) is 0 Å². The van der Waals surface area contributed by atoms with E-state index in [1.165, 1.54) is 4.31 Å². The first-order valence-corrected chi connectivity index (χ1v) is 6.66. The molecule has 0 aromatic carbocycles. The van der Waals surface area contributed by atoms with Gasteiger partial charge < -0.3 is 9.88 Å². The predicted octanol–water partition coefficient (Wildman–Crippen LogP) is -0.678. The first-order valence-electron chi connectivity index (χ1n) is 5.22. The molecule has 1 saturated heterocycles. The van der Waals surface area contributed by atoms with Crippen molar-refractivity contribution in [3.05, 3.63) is 12.0 Å². The molecule has 16 heavy (non-hydrogen) atoms.